The topological polar surface area (TPSA) is 61.4 Å². The summed E-state index contributed by atoms with van der Waals surface area (Å²) in [5.41, 5.74) is 4.59. The number of rotatable bonds is 9. The highest BCUT2D eigenvalue weighted by Crippen LogP contribution is 2.22. The Morgan fingerprint density at radius 3 is 2.00 bits per heavy atom. The number of hydrogen-bond donors (Lipinski definition) is 3. The molecule has 25 heavy (non-hydrogen) atoms. The summed E-state index contributed by atoms with van der Waals surface area (Å²) in [6, 6.07) is 18.6. The molecule has 0 fully saturated rings. The summed E-state index contributed by atoms with van der Waals surface area (Å²) in [6.45, 7) is 4.68. The van der Waals surface area contributed by atoms with Crippen LogP contribution in [-0.4, -0.2) is 16.7 Å². The number of benzene rings is 2. The van der Waals surface area contributed by atoms with Crippen LogP contribution in [0.1, 0.15) is 45.1 Å². The molecule has 0 aromatic heterocycles. The largest absolute Gasteiger partial charge is 0.299 e. The van der Waals surface area contributed by atoms with E-state index in [1.807, 2.05) is 37.5 Å². The lowest BCUT2D eigenvalue weighted by Gasteiger charge is -2.32. The molecule has 0 aliphatic rings. The van der Waals surface area contributed by atoms with Crippen molar-refractivity contribution in [1.29, 1.82) is 0 Å². The van der Waals surface area contributed by atoms with Gasteiger partial charge in [-0.05, 0) is 29.5 Å². The molecule has 2 rings (SSSR count). The lowest BCUT2D eigenvalue weighted by atomic mass is 9.87. The van der Waals surface area contributed by atoms with E-state index in [2.05, 4.69) is 41.7 Å². The van der Waals surface area contributed by atoms with Gasteiger partial charge in [0.1, 0.15) is 5.54 Å². The maximum absolute atomic E-state index is 12.3. The Kier molecular flexibility index (Phi) is 7.16. The highest BCUT2D eigenvalue weighted by Gasteiger charge is 2.35. The fourth-order valence-corrected chi connectivity index (χ4v) is 3.29. The van der Waals surface area contributed by atoms with E-state index in [0.717, 1.165) is 18.4 Å². The predicted octanol–water partition coefficient (Wildman–Crippen LogP) is 4.29. The molecule has 0 aliphatic heterocycles. The van der Waals surface area contributed by atoms with Crippen LogP contribution in [0.5, 0.6) is 0 Å². The predicted molar refractivity (Wildman–Crippen MR) is 101 cm³/mol. The van der Waals surface area contributed by atoms with Gasteiger partial charge in [-0.3, -0.25) is 15.3 Å². The van der Waals surface area contributed by atoms with Crippen molar-refractivity contribution in [3.8, 4) is 11.1 Å². The minimum absolute atomic E-state index is 0.350. The van der Waals surface area contributed by atoms with Crippen LogP contribution in [0.2, 0.25) is 0 Å². The van der Waals surface area contributed by atoms with Gasteiger partial charge in [0, 0.05) is 6.54 Å². The zero-order valence-corrected chi connectivity index (χ0v) is 15.1. The number of carbonyl (C=O) groups is 1. The van der Waals surface area contributed by atoms with Gasteiger partial charge in [0.05, 0.1) is 0 Å². The Hall–Kier alpha value is -2.17. The summed E-state index contributed by atoms with van der Waals surface area (Å²) in [6.07, 6.45) is 3.12. The molecule has 4 nitrogen and oxygen atoms in total. The molecule has 0 saturated heterocycles. The highest BCUT2D eigenvalue weighted by molar-refractivity contribution is 5.85. The molecule has 134 valence electrons. The maximum Gasteiger partial charge on any atom is 0.263 e. The first-order valence-electron chi connectivity index (χ1n) is 8.99. The maximum atomic E-state index is 12.3. The van der Waals surface area contributed by atoms with Crippen LogP contribution in [0.4, 0.5) is 0 Å². The van der Waals surface area contributed by atoms with Gasteiger partial charge in [0.25, 0.3) is 5.91 Å². The van der Waals surface area contributed by atoms with Gasteiger partial charge < -0.3 is 0 Å². The SMILES string of the molecule is CCCC(CCC)(NCc1ccc(-c2ccccc2)cc1)C(=O)NO. The van der Waals surface area contributed by atoms with E-state index in [0.29, 0.717) is 19.4 Å². The summed E-state index contributed by atoms with van der Waals surface area (Å²) >= 11 is 0. The molecule has 0 unspecified atom stereocenters. The van der Waals surface area contributed by atoms with E-state index < -0.39 is 5.54 Å². The van der Waals surface area contributed by atoms with E-state index in [1.54, 1.807) is 0 Å². The fraction of sp³-hybridized carbons (Fsp3) is 0.381. The third kappa shape index (κ3) is 4.91. The molecule has 0 heterocycles. The van der Waals surface area contributed by atoms with Crippen LogP contribution < -0.4 is 10.8 Å². The lowest BCUT2D eigenvalue weighted by Crippen LogP contribution is -2.56. The van der Waals surface area contributed by atoms with E-state index in [4.69, 9.17) is 5.21 Å². The first kappa shape index (κ1) is 19.2. The third-order valence-electron chi connectivity index (χ3n) is 4.58. The number of hydroxylamine groups is 1. The van der Waals surface area contributed by atoms with Gasteiger partial charge in [0.15, 0.2) is 0 Å². The van der Waals surface area contributed by atoms with Crippen LogP contribution in [0, 0.1) is 0 Å². The molecule has 4 heteroatoms. The van der Waals surface area contributed by atoms with Gasteiger partial charge >= 0.3 is 0 Å². The fourth-order valence-electron chi connectivity index (χ4n) is 3.29. The monoisotopic (exact) mass is 340 g/mol. The van der Waals surface area contributed by atoms with Gasteiger partial charge in [-0.25, -0.2) is 5.48 Å². The van der Waals surface area contributed by atoms with Crippen LogP contribution >= 0.6 is 0 Å². The second-order valence-corrected chi connectivity index (χ2v) is 6.44. The van der Waals surface area contributed by atoms with Crippen LogP contribution in [0.25, 0.3) is 11.1 Å². The molecule has 0 radical (unpaired) electrons. The summed E-state index contributed by atoms with van der Waals surface area (Å²) in [5.74, 6) is -0.350. The Balaban J connectivity index is 2.10. The van der Waals surface area contributed by atoms with Gasteiger partial charge in [0.2, 0.25) is 0 Å². The van der Waals surface area contributed by atoms with E-state index in [1.165, 1.54) is 11.1 Å². The van der Waals surface area contributed by atoms with Gasteiger partial charge in [-0.1, -0.05) is 81.3 Å². The molecule has 0 bridgehead atoms. The molecule has 0 atom stereocenters. The average molecular weight is 340 g/mol. The average Bonchev–Trinajstić information content (AvgIpc) is 2.67. The lowest BCUT2D eigenvalue weighted by molar-refractivity contribution is -0.137. The molecule has 0 aliphatic carbocycles. The second kappa shape index (κ2) is 9.35. The Labute approximate surface area is 150 Å². The zero-order chi connectivity index (χ0) is 18.1. The quantitative estimate of drug-likeness (QED) is 0.471. The first-order valence-corrected chi connectivity index (χ1v) is 8.99. The van der Waals surface area contributed by atoms with Crippen molar-refractivity contribution >= 4 is 5.91 Å². The number of hydrogen-bond acceptors (Lipinski definition) is 3. The normalized spacial score (nSPS) is 11.3. The molecule has 0 spiro atoms. The summed E-state index contributed by atoms with van der Waals surface area (Å²) in [5, 5.41) is 12.5. The molecule has 2 aromatic rings. The van der Waals surface area contributed by atoms with Crippen molar-refractivity contribution in [2.24, 2.45) is 0 Å². The smallest absolute Gasteiger partial charge is 0.263 e. The summed E-state index contributed by atoms with van der Waals surface area (Å²) < 4.78 is 0. The Morgan fingerprint density at radius 2 is 1.48 bits per heavy atom. The van der Waals surface area contributed by atoms with Gasteiger partial charge in [-0.15, -0.1) is 0 Å². The molecular weight excluding hydrogens is 312 g/mol. The molecular formula is C21H28N2O2. The van der Waals surface area contributed by atoms with Crippen LogP contribution in [-0.2, 0) is 11.3 Å². The Morgan fingerprint density at radius 1 is 0.920 bits per heavy atom. The van der Waals surface area contributed by atoms with Crippen molar-refractivity contribution in [1.82, 2.24) is 10.8 Å². The van der Waals surface area contributed by atoms with E-state index in [9.17, 15) is 4.79 Å². The number of amides is 1. The van der Waals surface area contributed by atoms with Gasteiger partial charge in [-0.2, -0.15) is 0 Å². The van der Waals surface area contributed by atoms with Crippen molar-refractivity contribution in [3.63, 3.8) is 0 Å². The molecule has 0 saturated carbocycles. The van der Waals surface area contributed by atoms with Crippen molar-refractivity contribution in [2.75, 3.05) is 0 Å². The minimum Gasteiger partial charge on any atom is -0.299 e. The van der Waals surface area contributed by atoms with Crippen LogP contribution in [0.3, 0.4) is 0 Å². The van der Waals surface area contributed by atoms with E-state index >= 15 is 0 Å². The minimum atomic E-state index is -0.726. The molecule has 1 amide bonds. The van der Waals surface area contributed by atoms with Crippen molar-refractivity contribution in [3.05, 3.63) is 60.2 Å². The molecule has 3 N–H and O–H groups in total. The third-order valence-corrected chi connectivity index (χ3v) is 4.58. The summed E-state index contributed by atoms with van der Waals surface area (Å²) in [7, 11) is 0. The van der Waals surface area contributed by atoms with E-state index in [-0.39, 0.29) is 5.91 Å². The van der Waals surface area contributed by atoms with Crippen molar-refractivity contribution < 1.29 is 10.0 Å². The standard InChI is InChI=1S/C21H28N2O2/c1-3-14-21(15-4-2,20(24)23-25)22-16-17-10-12-19(13-11-17)18-8-6-5-7-9-18/h5-13,22,25H,3-4,14-16H2,1-2H3,(H,23,24). The van der Waals surface area contributed by atoms with Crippen molar-refractivity contribution in [2.45, 2.75) is 51.6 Å². The Bertz CT molecular complexity index is 647. The molecule has 2 aromatic carbocycles. The second-order valence-electron chi connectivity index (χ2n) is 6.44. The summed E-state index contributed by atoms with van der Waals surface area (Å²) in [4.78, 5) is 12.3. The zero-order valence-electron chi connectivity index (χ0n) is 15.1. The van der Waals surface area contributed by atoms with Crippen LogP contribution in [0.15, 0.2) is 54.6 Å². The highest BCUT2D eigenvalue weighted by atomic mass is 16.5. The number of carbonyl (C=O) groups excluding carboxylic acids is 1. The first-order chi connectivity index (χ1) is 12.1. The number of nitrogens with one attached hydrogen (secondary N) is 2.